The summed E-state index contributed by atoms with van der Waals surface area (Å²) < 4.78 is 0. The van der Waals surface area contributed by atoms with Gasteiger partial charge in [-0.2, -0.15) is 0 Å². The van der Waals surface area contributed by atoms with Crippen LogP contribution in [0.2, 0.25) is 0 Å². The van der Waals surface area contributed by atoms with Gasteiger partial charge >= 0.3 is 6.03 Å². The molecule has 0 spiro atoms. The smallest absolute Gasteiger partial charge is 0.318 e. The summed E-state index contributed by atoms with van der Waals surface area (Å²) in [5.41, 5.74) is 0.0751. The number of urea groups is 1. The molecule has 0 aromatic carbocycles. The van der Waals surface area contributed by atoms with E-state index in [-0.39, 0.29) is 11.6 Å². The molecule has 0 radical (unpaired) electrons. The molecule has 5 saturated carbocycles. The van der Waals surface area contributed by atoms with Crippen LogP contribution in [-0.4, -0.2) is 29.1 Å². The molecule has 5 aliphatic carbocycles. The number of nitrogens with one attached hydrogen (secondary N) is 1. The Balaban J connectivity index is 1.41. The summed E-state index contributed by atoms with van der Waals surface area (Å²) in [6.45, 7) is 3.25. The molecule has 1 saturated heterocycles. The Morgan fingerprint density at radius 1 is 1.05 bits per heavy atom. The predicted molar refractivity (Wildman–Crippen MR) is 77.2 cm³/mol. The van der Waals surface area contributed by atoms with Crippen molar-refractivity contribution in [2.45, 2.75) is 63.5 Å². The van der Waals surface area contributed by atoms with Gasteiger partial charge in [-0.3, -0.25) is 0 Å². The quantitative estimate of drug-likeness (QED) is 0.825. The molecule has 0 aromatic rings. The molecule has 6 fully saturated rings. The summed E-state index contributed by atoms with van der Waals surface area (Å²) >= 11 is 0. The van der Waals surface area contributed by atoms with Gasteiger partial charge in [0, 0.05) is 12.6 Å². The largest absolute Gasteiger partial charge is 0.331 e. The van der Waals surface area contributed by atoms with Crippen molar-refractivity contribution in [2.75, 3.05) is 6.54 Å². The molecule has 20 heavy (non-hydrogen) atoms. The van der Waals surface area contributed by atoms with Crippen molar-refractivity contribution in [1.29, 1.82) is 0 Å². The molecule has 3 heteroatoms. The van der Waals surface area contributed by atoms with Crippen LogP contribution in [0.1, 0.15) is 51.9 Å². The SMILES string of the molecule is CC1(C2CC2)CN(C2C3CC4CC(C3)CC2C4)C(=O)N1. The van der Waals surface area contributed by atoms with Crippen LogP contribution in [0.15, 0.2) is 0 Å². The van der Waals surface area contributed by atoms with Gasteiger partial charge in [-0.15, -0.1) is 0 Å². The van der Waals surface area contributed by atoms with Gasteiger partial charge < -0.3 is 10.2 Å². The molecule has 3 nitrogen and oxygen atoms in total. The Hall–Kier alpha value is -0.730. The highest BCUT2D eigenvalue weighted by molar-refractivity contribution is 5.78. The molecular weight excluding hydrogens is 248 g/mol. The van der Waals surface area contributed by atoms with Gasteiger partial charge in [0.15, 0.2) is 0 Å². The highest BCUT2D eigenvalue weighted by Gasteiger charge is 2.56. The van der Waals surface area contributed by atoms with E-state index >= 15 is 0 Å². The third kappa shape index (κ3) is 1.55. The molecule has 6 aliphatic rings. The highest BCUT2D eigenvalue weighted by atomic mass is 16.2. The van der Waals surface area contributed by atoms with Gasteiger partial charge in [-0.05, 0) is 81.5 Å². The molecule has 1 aliphatic heterocycles. The number of carbonyl (C=O) groups excluding carboxylic acids is 1. The summed E-state index contributed by atoms with van der Waals surface area (Å²) in [6, 6.07) is 0.820. The van der Waals surface area contributed by atoms with Crippen LogP contribution in [0.4, 0.5) is 4.79 Å². The van der Waals surface area contributed by atoms with E-state index in [1.807, 2.05) is 0 Å². The highest BCUT2D eigenvalue weighted by Crippen LogP contribution is 2.56. The number of rotatable bonds is 2. The summed E-state index contributed by atoms with van der Waals surface area (Å²) in [7, 11) is 0. The van der Waals surface area contributed by atoms with Gasteiger partial charge in [0.1, 0.15) is 0 Å². The number of hydrogen-bond acceptors (Lipinski definition) is 1. The average Bonchev–Trinajstić information content (AvgIpc) is 3.16. The second-order valence-corrected chi connectivity index (χ2v) is 8.67. The molecule has 6 rings (SSSR count). The maximum absolute atomic E-state index is 12.6. The van der Waals surface area contributed by atoms with Crippen LogP contribution >= 0.6 is 0 Å². The molecule has 4 bridgehead atoms. The standard InChI is InChI=1S/C17H26N2O/c1-17(14-2-3-14)9-19(16(20)18-17)15-12-5-10-4-11(7-12)8-13(15)6-10/h10-15H,2-9H2,1H3,(H,18,20). The van der Waals surface area contributed by atoms with Crippen molar-refractivity contribution < 1.29 is 4.79 Å². The van der Waals surface area contributed by atoms with Crippen molar-refractivity contribution in [2.24, 2.45) is 29.6 Å². The minimum Gasteiger partial charge on any atom is -0.331 e. The minimum absolute atomic E-state index is 0.0751. The Morgan fingerprint density at radius 3 is 2.20 bits per heavy atom. The Kier molecular flexibility index (Phi) is 2.21. The van der Waals surface area contributed by atoms with Gasteiger partial charge in [0.25, 0.3) is 0 Å². The van der Waals surface area contributed by atoms with E-state index in [1.165, 1.54) is 44.9 Å². The first-order chi connectivity index (χ1) is 9.62. The van der Waals surface area contributed by atoms with Crippen LogP contribution in [0, 0.1) is 29.6 Å². The van der Waals surface area contributed by atoms with E-state index in [9.17, 15) is 4.79 Å². The van der Waals surface area contributed by atoms with Crippen LogP contribution < -0.4 is 5.32 Å². The Morgan fingerprint density at radius 2 is 1.65 bits per heavy atom. The summed E-state index contributed by atoms with van der Waals surface area (Å²) in [4.78, 5) is 14.8. The number of amides is 2. The number of carbonyl (C=O) groups is 1. The fraction of sp³-hybridized carbons (Fsp3) is 0.941. The van der Waals surface area contributed by atoms with Crippen LogP contribution in [0.5, 0.6) is 0 Å². The van der Waals surface area contributed by atoms with Gasteiger partial charge in [-0.1, -0.05) is 0 Å². The maximum Gasteiger partial charge on any atom is 0.318 e. The predicted octanol–water partition coefficient (Wildman–Crippen LogP) is 3.01. The number of hydrogen-bond donors (Lipinski definition) is 1. The zero-order valence-corrected chi connectivity index (χ0v) is 12.5. The lowest BCUT2D eigenvalue weighted by Gasteiger charge is -2.56. The molecule has 1 atom stereocenters. The third-order valence-corrected chi connectivity index (χ3v) is 7.17. The zero-order chi connectivity index (χ0) is 13.5. The molecule has 1 N–H and O–H groups in total. The van der Waals surface area contributed by atoms with Gasteiger partial charge in [0.2, 0.25) is 0 Å². The topological polar surface area (TPSA) is 32.3 Å². The van der Waals surface area contributed by atoms with Crippen LogP contribution in [-0.2, 0) is 0 Å². The lowest BCUT2D eigenvalue weighted by molar-refractivity contribution is -0.0485. The lowest BCUT2D eigenvalue weighted by atomic mass is 9.54. The Labute approximate surface area is 121 Å². The van der Waals surface area contributed by atoms with Crippen molar-refractivity contribution in [3.8, 4) is 0 Å². The van der Waals surface area contributed by atoms with Gasteiger partial charge in [0.05, 0.1) is 5.54 Å². The summed E-state index contributed by atoms with van der Waals surface area (Å²) in [6.07, 6.45) is 9.73. The van der Waals surface area contributed by atoms with E-state index < -0.39 is 0 Å². The van der Waals surface area contributed by atoms with Crippen LogP contribution in [0.3, 0.4) is 0 Å². The fourth-order valence-corrected chi connectivity index (χ4v) is 6.38. The van der Waals surface area contributed by atoms with Crippen molar-refractivity contribution in [3.05, 3.63) is 0 Å². The maximum atomic E-state index is 12.6. The zero-order valence-electron chi connectivity index (χ0n) is 12.5. The number of nitrogens with zero attached hydrogens (tertiary/aromatic N) is 1. The molecule has 1 heterocycles. The van der Waals surface area contributed by atoms with Crippen molar-refractivity contribution >= 4 is 6.03 Å². The molecule has 1 unspecified atom stereocenters. The summed E-state index contributed by atoms with van der Waals surface area (Å²) in [5.74, 6) is 4.37. The molecular formula is C17H26N2O. The first-order valence-corrected chi connectivity index (χ1v) is 8.71. The van der Waals surface area contributed by atoms with Crippen LogP contribution in [0.25, 0.3) is 0 Å². The lowest BCUT2D eigenvalue weighted by Crippen LogP contribution is -2.56. The third-order valence-electron chi connectivity index (χ3n) is 7.17. The molecule has 110 valence electrons. The van der Waals surface area contributed by atoms with Crippen molar-refractivity contribution in [3.63, 3.8) is 0 Å². The van der Waals surface area contributed by atoms with Crippen molar-refractivity contribution in [1.82, 2.24) is 10.2 Å². The first-order valence-electron chi connectivity index (χ1n) is 8.71. The normalized spacial score (nSPS) is 53.5. The fourth-order valence-electron chi connectivity index (χ4n) is 6.38. The molecule has 0 aromatic heterocycles. The monoisotopic (exact) mass is 274 g/mol. The minimum atomic E-state index is 0.0751. The second kappa shape index (κ2) is 3.72. The first kappa shape index (κ1) is 11.9. The molecule has 2 amide bonds. The average molecular weight is 274 g/mol. The van der Waals surface area contributed by atoms with E-state index in [0.717, 1.165) is 36.1 Å². The second-order valence-electron chi connectivity index (χ2n) is 8.67. The van der Waals surface area contributed by atoms with E-state index in [4.69, 9.17) is 0 Å². The summed E-state index contributed by atoms with van der Waals surface area (Å²) in [5, 5.41) is 3.34. The van der Waals surface area contributed by atoms with E-state index in [2.05, 4.69) is 17.1 Å². The van der Waals surface area contributed by atoms with E-state index in [1.54, 1.807) is 0 Å². The van der Waals surface area contributed by atoms with Gasteiger partial charge in [-0.25, -0.2) is 4.79 Å². The van der Waals surface area contributed by atoms with E-state index in [0.29, 0.717) is 6.04 Å². The Bertz CT molecular complexity index is 430.